The van der Waals surface area contributed by atoms with Crippen molar-refractivity contribution in [1.29, 1.82) is 0 Å². The van der Waals surface area contributed by atoms with E-state index in [-0.39, 0.29) is 11.7 Å². The van der Waals surface area contributed by atoms with Crippen molar-refractivity contribution >= 4 is 15.9 Å². The molecule has 0 aromatic heterocycles. The van der Waals surface area contributed by atoms with E-state index in [1.807, 2.05) is 12.1 Å². The minimum atomic E-state index is -0.0859. The van der Waals surface area contributed by atoms with Crippen LogP contribution in [0.25, 0.3) is 0 Å². The molecule has 0 saturated heterocycles. The van der Waals surface area contributed by atoms with E-state index in [0.29, 0.717) is 4.83 Å². The van der Waals surface area contributed by atoms with Gasteiger partial charge in [-0.1, -0.05) is 48.0 Å². The molecule has 1 aromatic carbocycles. The second-order valence-electron chi connectivity index (χ2n) is 3.46. The number of alkyl halides is 1. The van der Waals surface area contributed by atoms with Gasteiger partial charge >= 0.3 is 0 Å². The van der Waals surface area contributed by atoms with E-state index in [4.69, 9.17) is 0 Å². The molecule has 0 N–H and O–H groups in total. The molecule has 0 spiro atoms. The minimum absolute atomic E-state index is 0.0859. The summed E-state index contributed by atoms with van der Waals surface area (Å²) < 4.78 is 13.5. The molecule has 0 fully saturated rings. The van der Waals surface area contributed by atoms with Crippen LogP contribution >= 0.6 is 15.9 Å². The highest BCUT2D eigenvalue weighted by molar-refractivity contribution is 9.09. The summed E-state index contributed by atoms with van der Waals surface area (Å²) >= 11 is 3.61. The Hall–Kier alpha value is -0.370. The molecular formula is C12H16BrF. The summed E-state index contributed by atoms with van der Waals surface area (Å²) in [6.07, 6.45) is 1.98. The van der Waals surface area contributed by atoms with Gasteiger partial charge in [-0.25, -0.2) is 4.39 Å². The van der Waals surface area contributed by atoms with Gasteiger partial charge in [-0.2, -0.15) is 0 Å². The third kappa shape index (κ3) is 2.57. The van der Waals surface area contributed by atoms with E-state index >= 15 is 0 Å². The van der Waals surface area contributed by atoms with Gasteiger partial charge in [-0.05, 0) is 30.4 Å². The Bertz CT molecular complexity index is 285. The average molecular weight is 259 g/mol. The first-order valence-electron chi connectivity index (χ1n) is 5.09. The van der Waals surface area contributed by atoms with Gasteiger partial charge in [-0.15, -0.1) is 0 Å². The molecule has 0 amide bonds. The zero-order chi connectivity index (χ0) is 10.6. The van der Waals surface area contributed by atoms with E-state index in [1.165, 1.54) is 6.07 Å². The zero-order valence-corrected chi connectivity index (χ0v) is 10.2. The van der Waals surface area contributed by atoms with E-state index in [9.17, 15) is 4.39 Å². The summed E-state index contributed by atoms with van der Waals surface area (Å²) in [6, 6.07) is 7.05. The van der Waals surface area contributed by atoms with Crippen molar-refractivity contribution in [2.45, 2.75) is 37.4 Å². The molecule has 0 aliphatic rings. The number of halogens is 2. The second kappa shape index (κ2) is 5.50. The van der Waals surface area contributed by atoms with E-state index in [0.717, 1.165) is 18.4 Å². The molecule has 2 unspecified atom stereocenters. The van der Waals surface area contributed by atoms with Crippen LogP contribution in [0.2, 0.25) is 0 Å². The molecule has 0 aliphatic carbocycles. The zero-order valence-electron chi connectivity index (χ0n) is 8.63. The van der Waals surface area contributed by atoms with Crippen LogP contribution in [0, 0.1) is 5.82 Å². The maximum atomic E-state index is 13.5. The summed E-state index contributed by atoms with van der Waals surface area (Å²) in [4.78, 5) is 0.365. The van der Waals surface area contributed by atoms with Gasteiger partial charge < -0.3 is 0 Å². The minimum Gasteiger partial charge on any atom is -0.207 e. The Kier molecular flexibility index (Phi) is 4.59. The van der Waals surface area contributed by atoms with Crippen molar-refractivity contribution in [1.82, 2.24) is 0 Å². The third-order valence-electron chi connectivity index (χ3n) is 2.57. The number of benzene rings is 1. The highest BCUT2D eigenvalue weighted by atomic mass is 79.9. The lowest BCUT2D eigenvalue weighted by molar-refractivity contribution is 0.551. The van der Waals surface area contributed by atoms with Crippen LogP contribution in [0.1, 0.15) is 38.2 Å². The number of rotatable bonds is 4. The molecule has 0 heterocycles. The lowest BCUT2D eigenvalue weighted by atomic mass is 9.92. The van der Waals surface area contributed by atoms with Crippen molar-refractivity contribution in [3.63, 3.8) is 0 Å². The Morgan fingerprint density at radius 1 is 1.21 bits per heavy atom. The molecule has 0 radical (unpaired) electrons. The van der Waals surface area contributed by atoms with Crippen molar-refractivity contribution in [2.75, 3.05) is 0 Å². The maximum Gasteiger partial charge on any atom is 0.126 e. The van der Waals surface area contributed by atoms with E-state index in [2.05, 4.69) is 29.8 Å². The second-order valence-corrected chi connectivity index (χ2v) is 4.64. The molecule has 14 heavy (non-hydrogen) atoms. The molecule has 2 atom stereocenters. The highest BCUT2D eigenvalue weighted by Crippen LogP contribution is 2.31. The molecule has 78 valence electrons. The summed E-state index contributed by atoms with van der Waals surface area (Å²) in [5.74, 6) is 0.193. The molecule has 1 aromatic rings. The van der Waals surface area contributed by atoms with Gasteiger partial charge in [0.05, 0.1) is 0 Å². The van der Waals surface area contributed by atoms with Crippen LogP contribution in [0.15, 0.2) is 24.3 Å². The van der Waals surface area contributed by atoms with Gasteiger partial charge in [0.2, 0.25) is 0 Å². The lowest BCUT2D eigenvalue weighted by Gasteiger charge is -2.20. The predicted octanol–water partition coefficient (Wildman–Crippen LogP) is 4.49. The quantitative estimate of drug-likeness (QED) is 0.699. The Morgan fingerprint density at radius 2 is 1.86 bits per heavy atom. The molecule has 0 nitrogen and oxygen atoms in total. The number of hydrogen-bond donors (Lipinski definition) is 0. The lowest BCUT2D eigenvalue weighted by Crippen LogP contribution is -2.12. The topological polar surface area (TPSA) is 0 Å². The van der Waals surface area contributed by atoms with E-state index in [1.54, 1.807) is 6.07 Å². The van der Waals surface area contributed by atoms with Crippen molar-refractivity contribution in [3.05, 3.63) is 35.6 Å². The highest BCUT2D eigenvalue weighted by Gasteiger charge is 2.19. The summed E-state index contributed by atoms with van der Waals surface area (Å²) in [5.41, 5.74) is 0.832. The smallest absolute Gasteiger partial charge is 0.126 e. The molecule has 1 rings (SSSR count). The maximum absolute atomic E-state index is 13.5. The summed E-state index contributed by atoms with van der Waals surface area (Å²) in [5, 5.41) is 0. The Labute approximate surface area is 93.7 Å². The molecular weight excluding hydrogens is 243 g/mol. The molecule has 0 aliphatic heterocycles. The third-order valence-corrected chi connectivity index (χ3v) is 3.86. The SMILES string of the molecule is CCC(Br)C(CC)c1ccccc1F. The largest absolute Gasteiger partial charge is 0.207 e. The van der Waals surface area contributed by atoms with Crippen molar-refractivity contribution in [3.8, 4) is 0 Å². The Morgan fingerprint density at radius 3 is 2.36 bits per heavy atom. The molecule has 0 saturated carbocycles. The monoisotopic (exact) mass is 258 g/mol. The van der Waals surface area contributed by atoms with Gasteiger partial charge in [-0.3, -0.25) is 0 Å². The van der Waals surface area contributed by atoms with Crippen LogP contribution < -0.4 is 0 Å². The van der Waals surface area contributed by atoms with Gasteiger partial charge in [0, 0.05) is 4.83 Å². The fraction of sp³-hybridized carbons (Fsp3) is 0.500. The Balaban J connectivity index is 2.94. The fourth-order valence-electron chi connectivity index (χ4n) is 1.73. The first kappa shape index (κ1) is 11.7. The average Bonchev–Trinajstić information content (AvgIpc) is 2.21. The van der Waals surface area contributed by atoms with Crippen LogP contribution in [0.4, 0.5) is 4.39 Å². The summed E-state index contributed by atoms with van der Waals surface area (Å²) in [7, 11) is 0. The molecule has 0 bridgehead atoms. The van der Waals surface area contributed by atoms with Gasteiger partial charge in [0.25, 0.3) is 0 Å². The normalized spacial score (nSPS) is 15.1. The summed E-state index contributed by atoms with van der Waals surface area (Å²) in [6.45, 7) is 4.21. The molecule has 2 heteroatoms. The first-order chi connectivity index (χ1) is 6.70. The van der Waals surface area contributed by atoms with Crippen LogP contribution in [0.5, 0.6) is 0 Å². The van der Waals surface area contributed by atoms with Gasteiger partial charge in [0.15, 0.2) is 0 Å². The van der Waals surface area contributed by atoms with Gasteiger partial charge in [0.1, 0.15) is 5.82 Å². The number of hydrogen-bond acceptors (Lipinski definition) is 0. The van der Waals surface area contributed by atoms with Crippen LogP contribution in [-0.4, -0.2) is 4.83 Å². The van der Waals surface area contributed by atoms with E-state index < -0.39 is 0 Å². The standard InChI is InChI=1S/C12H16BrF/c1-3-9(11(13)4-2)10-7-5-6-8-12(10)14/h5-9,11H,3-4H2,1-2H3. The van der Waals surface area contributed by atoms with Crippen LogP contribution in [-0.2, 0) is 0 Å². The van der Waals surface area contributed by atoms with Crippen molar-refractivity contribution in [2.24, 2.45) is 0 Å². The predicted molar refractivity (Wildman–Crippen MR) is 62.4 cm³/mol. The first-order valence-corrected chi connectivity index (χ1v) is 6.00. The van der Waals surface area contributed by atoms with Crippen LogP contribution in [0.3, 0.4) is 0 Å². The van der Waals surface area contributed by atoms with Crippen molar-refractivity contribution < 1.29 is 4.39 Å². The fourth-order valence-corrected chi connectivity index (χ4v) is 2.39.